The lowest BCUT2D eigenvalue weighted by atomic mass is 9.82. The quantitative estimate of drug-likeness (QED) is 0.276. The van der Waals surface area contributed by atoms with Crippen molar-refractivity contribution in [3.63, 3.8) is 0 Å². The number of nitrogens with zero attached hydrogens (tertiary/aromatic N) is 3. The number of pyridine rings is 2. The van der Waals surface area contributed by atoms with E-state index in [0.29, 0.717) is 18.1 Å². The molecule has 0 spiro atoms. The fourth-order valence-corrected chi connectivity index (χ4v) is 6.19. The van der Waals surface area contributed by atoms with Crippen LogP contribution in [0.25, 0.3) is 32.9 Å². The van der Waals surface area contributed by atoms with Gasteiger partial charge in [0.1, 0.15) is 6.10 Å². The van der Waals surface area contributed by atoms with E-state index >= 15 is 0 Å². The highest BCUT2D eigenvalue weighted by Gasteiger charge is 2.35. The van der Waals surface area contributed by atoms with Gasteiger partial charge in [-0.2, -0.15) is 0 Å². The average Bonchev–Trinajstić information content (AvgIpc) is 3.15. The Bertz CT molecular complexity index is 1330. The van der Waals surface area contributed by atoms with Crippen LogP contribution in [0.5, 0.6) is 5.88 Å². The topological polar surface area (TPSA) is 49.2 Å². The molecule has 2 saturated carbocycles. The van der Waals surface area contributed by atoms with Crippen molar-refractivity contribution in [2.24, 2.45) is 18.9 Å². The van der Waals surface area contributed by atoms with Crippen molar-refractivity contribution in [2.45, 2.75) is 77.1 Å². The molecule has 1 aromatic carbocycles. The molecule has 3 aromatic heterocycles. The summed E-state index contributed by atoms with van der Waals surface area (Å²) < 4.78 is 14.8. The standard InChI is InChI=1S/C31H37N3O2/c1-20(2)14-21-4-8-24(9-5-21)35-25-16-26(17-25)36-31-11-7-23(18-33-31)22-6-10-27-28-19-32-13-12-29(28)34(3)30(27)15-22/h6-7,10-13,15,18-21,24-26H,4-5,8-9,14,16-17H2,1-3H3. The number of hydrogen-bond acceptors (Lipinski definition) is 4. The van der Waals surface area contributed by atoms with E-state index < -0.39 is 0 Å². The zero-order valence-corrected chi connectivity index (χ0v) is 21.7. The van der Waals surface area contributed by atoms with Crippen LogP contribution >= 0.6 is 0 Å². The van der Waals surface area contributed by atoms with Gasteiger partial charge in [-0.25, -0.2) is 4.98 Å². The Balaban J connectivity index is 1.03. The zero-order valence-electron chi connectivity index (χ0n) is 21.7. The highest BCUT2D eigenvalue weighted by atomic mass is 16.5. The van der Waals surface area contributed by atoms with Gasteiger partial charge in [-0.15, -0.1) is 0 Å². The summed E-state index contributed by atoms with van der Waals surface area (Å²) in [7, 11) is 2.11. The van der Waals surface area contributed by atoms with E-state index in [4.69, 9.17) is 9.47 Å². The van der Waals surface area contributed by atoms with Crippen LogP contribution in [0.3, 0.4) is 0 Å². The maximum Gasteiger partial charge on any atom is 0.213 e. The smallest absolute Gasteiger partial charge is 0.213 e. The molecule has 3 heterocycles. The minimum Gasteiger partial charge on any atom is -0.474 e. The zero-order chi connectivity index (χ0) is 24.6. The molecule has 2 aliphatic rings. The SMILES string of the molecule is CC(C)CC1CCC(OC2CC(Oc3ccc(-c4ccc5c6cnccc6n(C)c5c4)cn3)C2)CC1. The minimum absolute atomic E-state index is 0.214. The Hall–Kier alpha value is -2.92. The van der Waals surface area contributed by atoms with Gasteiger partial charge >= 0.3 is 0 Å². The average molecular weight is 484 g/mol. The molecule has 0 bridgehead atoms. The molecule has 0 radical (unpaired) electrons. The third kappa shape index (κ3) is 4.73. The first kappa shape index (κ1) is 23.5. The monoisotopic (exact) mass is 483 g/mol. The van der Waals surface area contributed by atoms with Gasteiger partial charge in [0.2, 0.25) is 5.88 Å². The van der Waals surface area contributed by atoms with Gasteiger partial charge in [-0.05, 0) is 67.7 Å². The van der Waals surface area contributed by atoms with E-state index in [9.17, 15) is 0 Å². The Morgan fingerprint density at radius 3 is 2.42 bits per heavy atom. The van der Waals surface area contributed by atoms with Gasteiger partial charge in [-0.1, -0.05) is 26.0 Å². The molecule has 0 atom stereocenters. The van der Waals surface area contributed by atoms with Gasteiger partial charge in [0.05, 0.1) is 17.7 Å². The van der Waals surface area contributed by atoms with Crippen LogP contribution in [-0.4, -0.2) is 32.8 Å². The van der Waals surface area contributed by atoms with Gasteiger partial charge in [0, 0.05) is 66.4 Å². The molecule has 0 amide bonds. The van der Waals surface area contributed by atoms with Gasteiger partial charge in [0.25, 0.3) is 0 Å². The third-order valence-electron chi connectivity index (χ3n) is 8.20. The van der Waals surface area contributed by atoms with Crippen LogP contribution in [0.15, 0.2) is 55.0 Å². The van der Waals surface area contributed by atoms with Crippen molar-refractivity contribution in [1.82, 2.24) is 14.5 Å². The van der Waals surface area contributed by atoms with E-state index in [2.05, 4.69) is 65.8 Å². The molecule has 36 heavy (non-hydrogen) atoms. The number of ether oxygens (including phenoxy) is 2. The van der Waals surface area contributed by atoms with E-state index in [1.54, 1.807) is 0 Å². The Morgan fingerprint density at radius 1 is 0.861 bits per heavy atom. The molecule has 0 aliphatic heterocycles. The summed E-state index contributed by atoms with van der Waals surface area (Å²) in [6.07, 6.45) is 15.2. The second-order valence-corrected chi connectivity index (χ2v) is 11.3. The summed E-state index contributed by atoms with van der Waals surface area (Å²) in [5, 5.41) is 2.41. The number of aryl methyl sites for hydroxylation is 1. The lowest BCUT2D eigenvalue weighted by Crippen LogP contribution is -2.42. The maximum atomic E-state index is 6.39. The van der Waals surface area contributed by atoms with Crippen LogP contribution in [-0.2, 0) is 11.8 Å². The molecule has 0 saturated heterocycles. The van der Waals surface area contributed by atoms with Crippen molar-refractivity contribution in [2.75, 3.05) is 0 Å². The highest BCUT2D eigenvalue weighted by Crippen LogP contribution is 2.36. The molecule has 5 nitrogen and oxygen atoms in total. The van der Waals surface area contributed by atoms with E-state index in [1.165, 1.54) is 53.9 Å². The van der Waals surface area contributed by atoms with Gasteiger partial charge in [0.15, 0.2) is 0 Å². The number of benzene rings is 1. The minimum atomic E-state index is 0.214. The molecular formula is C31H37N3O2. The Labute approximate surface area is 213 Å². The van der Waals surface area contributed by atoms with Crippen LogP contribution in [0.2, 0.25) is 0 Å². The Morgan fingerprint density at radius 2 is 1.67 bits per heavy atom. The first-order valence-electron chi connectivity index (χ1n) is 13.6. The van der Waals surface area contributed by atoms with Crippen molar-refractivity contribution < 1.29 is 9.47 Å². The second-order valence-electron chi connectivity index (χ2n) is 11.3. The molecule has 0 unspecified atom stereocenters. The van der Waals surface area contributed by atoms with Gasteiger partial charge < -0.3 is 14.0 Å². The van der Waals surface area contributed by atoms with E-state index in [1.807, 2.05) is 24.7 Å². The Kier molecular flexibility index (Phi) is 6.43. The molecule has 0 N–H and O–H groups in total. The van der Waals surface area contributed by atoms with Crippen LogP contribution in [0.4, 0.5) is 0 Å². The van der Waals surface area contributed by atoms with Crippen molar-refractivity contribution in [3.8, 4) is 17.0 Å². The third-order valence-corrected chi connectivity index (χ3v) is 8.20. The van der Waals surface area contributed by atoms with Crippen molar-refractivity contribution in [3.05, 3.63) is 55.0 Å². The lowest BCUT2D eigenvalue weighted by Gasteiger charge is -2.39. The number of hydrogen-bond donors (Lipinski definition) is 0. The number of aromatic nitrogens is 3. The molecule has 4 aromatic rings. The molecule has 2 aliphatic carbocycles. The number of fused-ring (bicyclic) bond motifs is 3. The van der Waals surface area contributed by atoms with Crippen molar-refractivity contribution in [1.29, 1.82) is 0 Å². The summed E-state index contributed by atoms with van der Waals surface area (Å²) in [6.45, 7) is 4.67. The fourth-order valence-electron chi connectivity index (χ4n) is 6.19. The van der Waals surface area contributed by atoms with Crippen molar-refractivity contribution >= 4 is 21.8 Å². The second kappa shape index (κ2) is 9.85. The predicted octanol–water partition coefficient (Wildman–Crippen LogP) is 7.32. The predicted molar refractivity (Wildman–Crippen MR) is 145 cm³/mol. The maximum absolute atomic E-state index is 6.39. The number of rotatable bonds is 7. The molecule has 5 heteroatoms. The summed E-state index contributed by atoms with van der Waals surface area (Å²) in [4.78, 5) is 8.92. The summed E-state index contributed by atoms with van der Waals surface area (Å²) in [6, 6.07) is 12.8. The summed E-state index contributed by atoms with van der Waals surface area (Å²) >= 11 is 0. The lowest BCUT2D eigenvalue weighted by molar-refractivity contribution is -0.109. The first-order chi connectivity index (χ1) is 17.5. The fraction of sp³-hybridized carbons (Fsp3) is 0.484. The summed E-state index contributed by atoms with van der Waals surface area (Å²) in [5.74, 6) is 2.42. The first-order valence-corrected chi connectivity index (χ1v) is 13.6. The van der Waals surface area contributed by atoms with E-state index in [-0.39, 0.29) is 6.10 Å². The normalized spacial score (nSPS) is 24.3. The van der Waals surface area contributed by atoms with Crippen LogP contribution < -0.4 is 4.74 Å². The van der Waals surface area contributed by atoms with Crippen LogP contribution in [0, 0.1) is 11.8 Å². The highest BCUT2D eigenvalue weighted by molar-refractivity contribution is 6.08. The largest absolute Gasteiger partial charge is 0.474 e. The molecule has 6 rings (SSSR count). The van der Waals surface area contributed by atoms with Gasteiger partial charge in [-0.3, -0.25) is 4.98 Å². The molecule has 2 fully saturated rings. The van der Waals surface area contributed by atoms with Crippen LogP contribution in [0.1, 0.15) is 58.8 Å². The van der Waals surface area contributed by atoms with E-state index in [0.717, 1.165) is 35.8 Å². The summed E-state index contributed by atoms with van der Waals surface area (Å²) in [5.41, 5.74) is 4.64. The molecular weight excluding hydrogens is 446 g/mol. The molecule has 188 valence electrons.